The Morgan fingerprint density at radius 3 is 2.69 bits per heavy atom. The van der Waals surface area contributed by atoms with Gasteiger partial charge >= 0.3 is 0 Å². The first-order valence-electron chi connectivity index (χ1n) is 11.1. The maximum absolute atomic E-state index is 13.2. The number of hydrogen-bond acceptors (Lipinski definition) is 7. The molecule has 0 aliphatic heterocycles. The fraction of sp³-hybridized carbons (Fsp3) is 0.192. The van der Waals surface area contributed by atoms with Crippen LogP contribution >= 0.6 is 23.4 Å². The fourth-order valence-electron chi connectivity index (χ4n) is 3.69. The first kappa shape index (κ1) is 23.3. The number of methoxy groups -OCH3 is 1. The maximum Gasteiger partial charge on any atom is 0.235 e. The summed E-state index contributed by atoms with van der Waals surface area (Å²) in [6.07, 6.45) is 3.53. The smallest absolute Gasteiger partial charge is 0.235 e. The predicted octanol–water partition coefficient (Wildman–Crippen LogP) is 6.12. The Hall–Kier alpha value is -3.49. The molecular weight excluding hydrogens is 486 g/mol. The second kappa shape index (κ2) is 10.4. The molecule has 178 valence electrons. The van der Waals surface area contributed by atoms with E-state index in [1.165, 1.54) is 0 Å². The van der Waals surface area contributed by atoms with E-state index in [-0.39, 0.29) is 11.2 Å². The van der Waals surface area contributed by atoms with E-state index in [9.17, 15) is 4.79 Å². The van der Waals surface area contributed by atoms with Gasteiger partial charge in [-0.1, -0.05) is 35.5 Å². The van der Waals surface area contributed by atoms with Crippen molar-refractivity contribution < 1.29 is 13.9 Å². The molecule has 2 aromatic carbocycles. The Bertz CT molecular complexity index is 1530. The van der Waals surface area contributed by atoms with Crippen LogP contribution < -0.4 is 14.9 Å². The van der Waals surface area contributed by atoms with Crippen LogP contribution in [-0.4, -0.2) is 34.1 Å². The number of thioether (sulfide) groups is 1. The van der Waals surface area contributed by atoms with Crippen molar-refractivity contribution in [3.05, 3.63) is 82.1 Å². The minimum absolute atomic E-state index is 0.182. The second-order valence-corrected chi connectivity index (χ2v) is 9.22. The van der Waals surface area contributed by atoms with Crippen LogP contribution in [0.1, 0.15) is 12.8 Å². The van der Waals surface area contributed by atoms with Crippen molar-refractivity contribution in [3.63, 3.8) is 0 Å². The summed E-state index contributed by atoms with van der Waals surface area (Å²) in [6, 6.07) is 18.2. The zero-order chi connectivity index (χ0) is 24.2. The van der Waals surface area contributed by atoms with E-state index in [0.29, 0.717) is 34.0 Å². The van der Waals surface area contributed by atoms with E-state index in [1.54, 1.807) is 37.1 Å². The number of hydrogen-bond donors (Lipinski definition) is 0. The molecule has 9 heteroatoms. The number of pyridine rings is 1. The van der Waals surface area contributed by atoms with E-state index >= 15 is 0 Å². The first-order chi connectivity index (χ1) is 17.2. The molecule has 3 aromatic heterocycles. The predicted molar refractivity (Wildman–Crippen MR) is 138 cm³/mol. The summed E-state index contributed by atoms with van der Waals surface area (Å²) in [6.45, 7) is 0.388. The van der Waals surface area contributed by atoms with Gasteiger partial charge < -0.3 is 13.9 Å². The van der Waals surface area contributed by atoms with Crippen LogP contribution in [0.3, 0.4) is 0 Å². The minimum Gasteiger partial charge on any atom is -0.497 e. The number of unbranched alkanes of at least 4 members (excludes halogenated alkanes) is 1. The molecule has 0 N–H and O–H groups in total. The van der Waals surface area contributed by atoms with Crippen LogP contribution in [0.5, 0.6) is 11.5 Å². The van der Waals surface area contributed by atoms with Crippen molar-refractivity contribution in [2.75, 3.05) is 19.5 Å². The molecule has 0 saturated carbocycles. The summed E-state index contributed by atoms with van der Waals surface area (Å²) in [5, 5.41) is 10.2. The Kier molecular flexibility index (Phi) is 6.92. The van der Waals surface area contributed by atoms with Gasteiger partial charge in [-0.15, -0.1) is 10.2 Å². The molecule has 0 amide bonds. The molecule has 5 rings (SSSR count). The maximum atomic E-state index is 13.2. The Labute approximate surface area is 210 Å². The lowest BCUT2D eigenvalue weighted by atomic mass is 10.1. The zero-order valence-electron chi connectivity index (χ0n) is 18.9. The first-order valence-corrected chi connectivity index (χ1v) is 12.5. The molecule has 0 fully saturated rings. The Morgan fingerprint density at radius 2 is 1.86 bits per heavy atom. The summed E-state index contributed by atoms with van der Waals surface area (Å²) < 4.78 is 19.3. The number of ether oxygens (including phenoxy) is 2. The highest BCUT2D eigenvalue weighted by molar-refractivity contribution is 7.99. The number of aromatic nitrogens is 3. The van der Waals surface area contributed by atoms with Gasteiger partial charge in [0.05, 0.1) is 24.1 Å². The average molecular weight is 508 g/mol. The quantitative estimate of drug-likeness (QED) is 0.176. The number of para-hydroxylation sites is 1. The van der Waals surface area contributed by atoms with Gasteiger partial charge in [-0.25, -0.2) is 0 Å². The largest absolute Gasteiger partial charge is 0.497 e. The molecule has 3 heterocycles. The number of fused-ring (bicyclic) bond motifs is 2. The molecule has 0 spiro atoms. The molecule has 35 heavy (non-hydrogen) atoms. The van der Waals surface area contributed by atoms with E-state index in [2.05, 4.69) is 10.2 Å². The topological polar surface area (TPSA) is 78.9 Å². The third-order valence-corrected chi connectivity index (χ3v) is 6.80. The minimum atomic E-state index is -0.182. The van der Waals surface area contributed by atoms with E-state index in [4.69, 9.17) is 25.5 Å². The molecule has 7 nitrogen and oxygen atoms in total. The SMILES string of the molecule is COc1ccc(-c2oc3ccccc3c(=O)c2OCCCCSc2nnc3c(Cl)cccn23)cc1. The second-order valence-electron chi connectivity index (χ2n) is 7.75. The van der Waals surface area contributed by atoms with Crippen molar-refractivity contribution in [3.8, 4) is 22.8 Å². The zero-order valence-corrected chi connectivity index (χ0v) is 20.5. The summed E-state index contributed by atoms with van der Waals surface area (Å²) in [5.74, 6) is 2.19. The summed E-state index contributed by atoms with van der Waals surface area (Å²) >= 11 is 7.77. The summed E-state index contributed by atoms with van der Waals surface area (Å²) in [4.78, 5) is 13.2. The number of halogens is 1. The standard InChI is InChI=1S/C26H22ClN3O4S/c1-32-18-12-10-17(11-13-18)23-24(22(31)19-7-2-3-9-21(19)34-23)33-15-4-5-16-35-26-29-28-25-20(27)8-6-14-30(25)26/h2-3,6-14H,4-5,15-16H2,1H3. The van der Waals surface area contributed by atoms with Gasteiger partial charge in [0.15, 0.2) is 16.6 Å². The lowest BCUT2D eigenvalue weighted by Crippen LogP contribution is -2.11. The molecule has 0 radical (unpaired) electrons. The lowest BCUT2D eigenvalue weighted by molar-refractivity contribution is 0.302. The van der Waals surface area contributed by atoms with Crippen molar-refractivity contribution >= 4 is 40.0 Å². The van der Waals surface area contributed by atoms with Crippen LogP contribution in [0.15, 0.2) is 81.2 Å². The lowest BCUT2D eigenvalue weighted by Gasteiger charge is -2.12. The highest BCUT2D eigenvalue weighted by atomic mass is 35.5. The molecule has 0 saturated heterocycles. The number of benzene rings is 2. The van der Waals surface area contributed by atoms with Gasteiger partial charge in [0, 0.05) is 17.5 Å². The normalized spacial score (nSPS) is 11.3. The monoisotopic (exact) mass is 507 g/mol. The Balaban J connectivity index is 1.28. The Morgan fingerprint density at radius 1 is 1.03 bits per heavy atom. The molecule has 0 aliphatic rings. The van der Waals surface area contributed by atoms with Crippen LogP contribution in [-0.2, 0) is 0 Å². The average Bonchev–Trinajstić information content (AvgIpc) is 3.31. The number of nitrogens with zero attached hydrogens (tertiary/aromatic N) is 3. The van der Waals surface area contributed by atoms with E-state index in [0.717, 1.165) is 35.1 Å². The summed E-state index contributed by atoms with van der Waals surface area (Å²) in [5.41, 5.74) is 1.73. The molecular formula is C26H22ClN3O4S. The third kappa shape index (κ3) is 4.85. The summed E-state index contributed by atoms with van der Waals surface area (Å²) in [7, 11) is 1.61. The third-order valence-electron chi connectivity index (χ3n) is 5.48. The van der Waals surface area contributed by atoms with Crippen LogP contribution in [0.4, 0.5) is 0 Å². The highest BCUT2D eigenvalue weighted by Gasteiger charge is 2.18. The van der Waals surface area contributed by atoms with E-state index < -0.39 is 0 Å². The molecule has 0 bridgehead atoms. The van der Waals surface area contributed by atoms with Crippen LogP contribution in [0, 0.1) is 0 Å². The van der Waals surface area contributed by atoms with Crippen molar-refractivity contribution in [1.29, 1.82) is 0 Å². The van der Waals surface area contributed by atoms with Gasteiger partial charge in [-0.3, -0.25) is 9.20 Å². The van der Waals surface area contributed by atoms with Crippen molar-refractivity contribution in [2.24, 2.45) is 0 Å². The van der Waals surface area contributed by atoms with Gasteiger partial charge in [0.1, 0.15) is 11.3 Å². The van der Waals surface area contributed by atoms with Gasteiger partial charge in [0.2, 0.25) is 11.2 Å². The van der Waals surface area contributed by atoms with Gasteiger partial charge in [0.25, 0.3) is 0 Å². The van der Waals surface area contributed by atoms with Crippen molar-refractivity contribution in [2.45, 2.75) is 18.0 Å². The van der Waals surface area contributed by atoms with E-state index in [1.807, 2.05) is 53.1 Å². The molecule has 0 aliphatic carbocycles. The van der Waals surface area contributed by atoms with Gasteiger partial charge in [-0.05, 0) is 61.4 Å². The van der Waals surface area contributed by atoms with Crippen molar-refractivity contribution in [1.82, 2.24) is 14.6 Å². The van der Waals surface area contributed by atoms with Crippen LogP contribution in [0.2, 0.25) is 5.02 Å². The fourth-order valence-corrected chi connectivity index (χ4v) is 4.81. The van der Waals surface area contributed by atoms with Crippen LogP contribution in [0.25, 0.3) is 27.9 Å². The molecule has 0 unspecified atom stereocenters. The van der Waals surface area contributed by atoms with Gasteiger partial charge in [-0.2, -0.15) is 0 Å². The molecule has 5 aromatic rings. The number of rotatable bonds is 9. The highest BCUT2D eigenvalue weighted by Crippen LogP contribution is 2.32. The molecule has 0 atom stereocenters.